The molecule has 2 amide bonds. The molecule has 11 heteroatoms. The van der Waals surface area contributed by atoms with Crippen LogP contribution in [-0.2, 0) is 21.4 Å². The van der Waals surface area contributed by atoms with Crippen LogP contribution in [0.1, 0.15) is 27.0 Å². The summed E-state index contributed by atoms with van der Waals surface area (Å²) in [6.45, 7) is 3.83. The second-order valence-corrected chi connectivity index (χ2v) is 11.0. The quantitative estimate of drug-likeness (QED) is 0.350. The lowest BCUT2D eigenvalue weighted by molar-refractivity contribution is -0.123. The van der Waals surface area contributed by atoms with E-state index in [1.54, 1.807) is 6.07 Å². The number of aryl methyl sites for hydroxylation is 2. The van der Waals surface area contributed by atoms with Gasteiger partial charge < -0.3 is 15.4 Å². The largest absolute Gasteiger partial charge is 0.475 e. The van der Waals surface area contributed by atoms with Crippen molar-refractivity contribution in [1.29, 1.82) is 0 Å². The maximum Gasteiger partial charge on any atom is 0.264 e. The maximum atomic E-state index is 13.2. The molecule has 0 fully saturated rings. The van der Waals surface area contributed by atoms with Gasteiger partial charge in [-0.3, -0.25) is 9.59 Å². The number of nitrogens with one attached hydrogen (secondary N) is 3. The molecular formula is C29H27N5O5S. The molecule has 0 aliphatic carbocycles. The zero-order chi connectivity index (χ0) is 28.3. The first-order valence-electron chi connectivity index (χ1n) is 12.5. The summed E-state index contributed by atoms with van der Waals surface area (Å²) in [4.78, 5) is 34.8. The third-order valence-electron chi connectivity index (χ3n) is 6.40. The van der Waals surface area contributed by atoms with E-state index in [9.17, 15) is 18.0 Å². The summed E-state index contributed by atoms with van der Waals surface area (Å²) in [5, 5.41) is 5.48. The number of anilines is 1. The number of aromatic nitrogens is 2. The van der Waals surface area contributed by atoms with Gasteiger partial charge in [-0.05, 0) is 48.7 Å². The van der Waals surface area contributed by atoms with Crippen molar-refractivity contribution in [2.24, 2.45) is 0 Å². The zero-order valence-corrected chi connectivity index (χ0v) is 22.7. The summed E-state index contributed by atoms with van der Waals surface area (Å²) in [7, 11) is -4.16. The number of fused-ring (bicyclic) bond motifs is 4. The first kappa shape index (κ1) is 26.8. The van der Waals surface area contributed by atoms with Crippen molar-refractivity contribution in [3.05, 3.63) is 101 Å². The Labute approximate surface area is 231 Å². The normalized spacial score (nSPS) is 16.1. The monoisotopic (exact) mass is 557 g/mol. The number of benzene rings is 3. The third-order valence-corrected chi connectivity index (χ3v) is 7.73. The molecule has 4 bridgehead atoms. The van der Waals surface area contributed by atoms with Crippen LogP contribution in [0.3, 0.4) is 0 Å². The zero-order valence-electron chi connectivity index (χ0n) is 21.8. The van der Waals surface area contributed by atoms with E-state index in [4.69, 9.17) is 4.74 Å². The van der Waals surface area contributed by atoms with Gasteiger partial charge in [0.15, 0.2) is 0 Å². The van der Waals surface area contributed by atoms with E-state index in [0.29, 0.717) is 5.69 Å². The van der Waals surface area contributed by atoms with Crippen molar-refractivity contribution in [2.75, 3.05) is 11.3 Å². The number of carbonyl (C=O) groups excluding carboxylic acids is 2. The van der Waals surface area contributed by atoms with Gasteiger partial charge >= 0.3 is 0 Å². The highest BCUT2D eigenvalue weighted by Gasteiger charge is 2.26. The Balaban J connectivity index is 1.55. The molecule has 1 atom stereocenters. The minimum atomic E-state index is -4.16. The highest BCUT2D eigenvalue weighted by Crippen LogP contribution is 2.29. The Morgan fingerprint density at radius 3 is 2.45 bits per heavy atom. The minimum Gasteiger partial charge on any atom is -0.475 e. The number of carbonyl (C=O) groups is 2. The molecule has 0 saturated heterocycles. The Kier molecular flexibility index (Phi) is 7.47. The second kappa shape index (κ2) is 11.1. The van der Waals surface area contributed by atoms with Crippen LogP contribution in [0.4, 0.5) is 5.95 Å². The van der Waals surface area contributed by atoms with Gasteiger partial charge in [0, 0.05) is 23.7 Å². The highest BCUT2D eigenvalue weighted by molar-refractivity contribution is 7.92. The van der Waals surface area contributed by atoms with Crippen LogP contribution in [0.25, 0.3) is 11.3 Å². The van der Waals surface area contributed by atoms with E-state index in [2.05, 4.69) is 25.3 Å². The van der Waals surface area contributed by atoms with Crippen LogP contribution >= 0.6 is 0 Å². The second-order valence-electron chi connectivity index (χ2n) is 9.36. The SMILES string of the molecule is Cc1cccc(C)c1-c1cc2nc(n1)NS(=O)(=O)c1cccc(c1)C(=O)NC(C(=O)NCc1ccccc1)CO2. The van der Waals surface area contributed by atoms with E-state index in [1.165, 1.54) is 24.3 Å². The van der Waals surface area contributed by atoms with Gasteiger partial charge in [-0.15, -0.1) is 0 Å². The van der Waals surface area contributed by atoms with E-state index in [-0.39, 0.29) is 35.4 Å². The number of rotatable bonds is 4. The fourth-order valence-corrected chi connectivity index (χ4v) is 5.37. The third kappa shape index (κ3) is 5.94. The van der Waals surface area contributed by atoms with Gasteiger partial charge in [0.05, 0.1) is 10.6 Å². The molecule has 3 aromatic carbocycles. The molecule has 0 spiro atoms. The number of hydrogen-bond acceptors (Lipinski definition) is 7. The Bertz CT molecular complexity index is 1670. The van der Waals surface area contributed by atoms with E-state index >= 15 is 0 Å². The number of ether oxygens (including phenoxy) is 1. The smallest absolute Gasteiger partial charge is 0.264 e. The van der Waals surface area contributed by atoms with Crippen LogP contribution < -0.4 is 20.1 Å². The molecular weight excluding hydrogens is 530 g/mol. The predicted molar refractivity (Wildman–Crippen MR) is 149 cm³/mol. The molecule has 1 aromatic heterocycles. The first-order valence-corrected chi connectivity index (χ1v) is 14.0. The summed E-state index contributed by atoms with van der Waals surface area (Å²) < 4.78 is 34.8. The van der Waals surface area contributed by atoms with Crippen molar-refractivity contribution in [3.8, 4) is 17.1 Å². The molecule has 1 aliphatic rings. The summed E-state index contributed by atoms with van der Waals surface area (Å²) in [5.74, 6) is -1.28. The van der Waals surface area contributed by atoms with Crippen molar-refractivity contribution < 1.29 is 22.7 Å². The number of hydrogen-bond donors (Lipinski definition) is 3. The topological polar surface area (TPSA) is 139 Å². The molecule has 5 rings (SSSR count). The Morgan fingerprint density at radius 1 is 0.975 bits per heavy atom. The van der Waals surface area contributed by atoms with Gasteiger partial charge in [-0.25, -0.2) is 18.1 Å². The summed E-state index contributed by atoms with van der Waals surface area (Å²) in [5.41, 5.74) is 4.04. The number of nitrogens with zero attached hydrogens (tertiary/aromatic N) is 2. The molecule has 1 aliphatic heterocycles. The fourth-order valence-electron chi connectivity index (χ4n) is 4.38. The highest BCUT2D eigenvalue weighted by atomic mass is 32.2. The maximum absolute atomic E-state index is 13.2. The van der Waals surface area contributed by atoms with Crippen molar-refractivity contribution in [3.63, 3.8) is 0 Å². The lowest BCUT2D eigenvalue weighted by Gasteiger charge is -2.19. The van der Waals surface area contributed by atoms with E-state index < -0.39 is 27.9 Å². The Morgan fingerprint density at radius 2 is 1.70 bits per heavy atom. The Hall–Kier alpha value is -4.77. The minimum absolute atomic E-state index is 0.0337. The van der Waals surface area contributed by atoms with Gasteiger partial charge in [0.2, 0.25) is 17.7 Å². The average molecular weight is 558 g/mol. The molecule has 0 radical (unpaired) electrons. The van der Waals surface area contributed by atoms with Crippen LogP contribution in [-0.4, -0.2) is 42.8 Å². The average Bonchev–Trinajstić information content (AvgIpc) is 2.94. The van der Waals surface area contributed by atoms with Gasteiger partial charge in [-0.2, -0.15) is 4.98 Å². The lowest BCUT2D eigenvalue weighted by Crippen LogP contribution is -2.49. The molecule has 204 valence electrons. The van der Waals surface area contributed by atoms with Crippen LogP contribution in [0.2, 0.25) is 0 Å². The summed E-state index contributed by atoms with van der Waals surface area (Å²) in [6, 6.07) is 21.1. The standard InChI is InChI=1S/C29H27N5O5S/c1-18-8-6-9-19(2)26(18)23-15-25-33-29(32-23)34-40(37,38)22-13-7-12-21(14-22)27(35)31-24(17-39-25)28(36)30-16-20-10-4-3-5-11-20/h3-15,24H,16-17H2,1-2H3,(H,30,36)(H,31,35)(H,32,33,34). The summed E-state index contributed by atoms with van der Waals surface area (Å²) in [6.07, 6.45) is 0. The summed E-state index contributed by atoms with van der Waals surface area (Å²) >= 11 is 0. The number of sulfonamides is 1. The molecule has 4 aromatic rings. The molecule has 0 saturated carbocycles. The molecule has 10 nitrogen and oxygen atoms in total. The fraction of sp³-hybridized carbons (Fsp3) is 0.172. The molecule has 40 heavy (non-hydrogen) atoms. The van der Waals surface area contributed by atoms with Gasteiger partial charge in [0.1, 0.15) is 12.6 Å². The van der Waals surface area contributed by atoms with E-state index in [0.717, 1.165) is 22.3 Å². The van der Waals surface area contributed by atoms with Crippen molar-refractivity contribution in [1.82, 2.24) is 20.6 Å². The van der Waals surface area contributed by atoms with E-state index in [1.807, 2.05) is 62.4 Å². The van der Waals surface area contributed by atoms with Crippen LogP contribution in [0.5, 0.6) is 5.88 Å². The van der Waals surface area contributed by atoms with Gasteiger partial charge in [0.25, 0.3) is 15.9 Å². The number of amides is 2. The predicted octanol–water partition coefficient (Wildman–Crippen LogP) is 3.37. The molecule has 2 heterocycles. The van der Waals surface area contributed by atoms with Crippen molar-refractivity contribution >= 4 is 27.8 Å². The molecule has 1 unspecified atom stereocenters. The lowest BCUT2D eigenvalue weighted by atomic mass is 10.00. The van der Waals surface area contributed by atoms with Crippen molar-refractivity contribution in [2.45, 2.75) is 31.3 Å². The first-order chi connectivity index (χ1) is 19.2. The van der Waals surface area contributed by atoms with Gasteiger partial charge in [-0.1, -0.05) is 54.6 Å². The molecule has 3 N–H and O–H groups in total. The van der Waals surface area contributed by atoms with Crippen LogP contribution in [0.15, 0.2) is 83.8 Å². The van der Waals surface area contributed by atoms with Crippen LogP contribution in [0, 0.1) is 13.8 Å².